The van der Waals surface area contributed by atoms with E-state index in [1.165, 1.54) is 0 Å². The Bertz CT molecular complexity index is 217. The Morgan fingerprint density at radius 3 is 2.00 bits per heavy atom. The summed E-state index contributed by atoms with van der Waals surface area (Å²) in [6.45, 7) is 0. The molecular weight excluding hydrogens is 160 g/mol. The summed E-state index contributed by atoms with van der Waals surface area (Å²) in [6.07, 6.45) is 0. The predicted molar refractivity (Wildman–Crippen MR) is 44.0 cm³/mol. The van der Waals surface area contributed by atoms with Crippen LogP contribution < -0.4 is 5.19 Å². The van der Waals surface area contributed by atoms with Crippen molar-refractivity contribution in [3.8, 4) is 0 Å². The fraction of sp³-hybridized carbons (Fsp3) is 0.143. The van der Waals surface area contributed by atoms with Crippen molar-refractivity contribution in [1.82, 2.24) is 0 Å². The summed E-state index contributed by atoms with van der Waals surface area (Å²) in [4.78, 5) is 0. The molecule has 11 heavy (non-hydrogen) atoms. The third kappa shape index (κ3) is 3.29. The first kappa shape index (κ1) is 8.41. The fourth-order valence-electron chi connectivity index (χ4n) is 0.870. The highest BCUT2D eigenvalue weighted by Gasteiger charge is 2.18. The Labute approximate surface area is 66.8 Å². The van der Waals surface area contributed by atoms with Crippen LogP contribution in [-0.2, 0) is 0 Å². The van der Waals surface area contributed by atoms with Gasteiger partial charge in [-0.25, -0.2) is 0 Å². The van der Waals surface area contributed by atoms with Gasteiger partial charge in [0, 0.05) is 0 Å². The molecule has 0 unspecified atom stereocenters. The van der Waals surface area contributed by atoms with Gasteiger partial charge in [0.25, 0.3) is 0 Å². The Balaban J connectivity index is 2.66. The first-order chi connectivity index (χ1) is 5.08. The minimum Gasteiger partial charge on any atom is -0.348 e. The standard InChI is InChI=1S/C7H10O3Si/c8-7(9,10)11-6-4-2-1-3-5-6/h1-5,8-10H,11H2. The van der Waals surface area contributed by atoms with E-state index >= 15 is 0 Å². The molecule has 0 saturated heterocycles. The van der Waals surface area contributed by atoms with Gasteiger partial charge in [0.15, 0.2) is 9.52 Å². The van der Waals surface area contributed by atoms with Gasteiger partial charge in [-0.1, -0.05) is 35.5 Å². The average molecular weight is 170 g/mol. The van der Waals surface area contributed by atoms with Crippen molar-refractivity contribution in [3.05, 3.63) is 30.3 Å². The molecule has 0 spiro atoms. The van der Waals surface area contributed by atoms with Crippen LogP contribution in [0.3, 0.4) is 0 Å². The van der Waals surface area contributed by atoms with Crippen LogP contribution in [0.5, 0.6) is 0 Å². The summed E-state index contributed by atoms with van der Waals surface area (Å²) in [5.74, 6) is 0. The van der Waals surface area contributed by atoms with Crippen molar-refractivity contribution in [3.63, 3.8) is 0 Å². The smallest absolute Gasteiger partial charge is 0.246 e. The van der Waals surface area contributed by atoms with Crippen molar-refractivity contribution in [2.24, 2.45) is 0 Å². The lowest BCUT2D eigenvalue weighted by Gasteiger charge is -2.12. The van der Waals surface area contributed by atoms with Crippen LogP contribution in [-0.4, -0.2) is 30.4 Å². The van der Waals surface area contributed by atoms with E-state index in [1.807, 2.05) is 6.07 Å². The molecule has 1 rings (SSSR count). The van der Waals surface area contributed by atoms with Crippen molar-refractivity contribution in [2.75, 3.05) is 0 Å². The van der Waals surface area contributed by atoms with E-state index in [-0.39, 0.29) is 0 Å². The van der Waals surface area contributed by atoms with E-state index < -0.39 is 15.1 Å². The lowest BCUT2D eigenvalue weighted by Crippen LogP contribution is -2.41. The van der Waals surface area contributed by atoms with E-state index in [1.54, 1.807) is 24.3 Å². The van der Waals surface area contributed by atoms with Gasteiger partial charge in [-0.05, 0) is 0 Å². The third-order valence-electron chi connectivity index (χ3n) is 1.28. The molecule has 0 radical (unpaired) electrons. The van der Waals surface area contributed by atoms with Crippen LogP contribution in [0.15, 0.2) is 30.3 Å². The van der Waals surface area contributed by atoms with Crippen molar-refractivity contribution in [1.29, 1.82) is 0 Å². The van der Waals surface area contributed by atoms with Crippen molar-refractivity contribution < 1.29 is 15.3 Å². The summed E-state index contributed by atoms with van der Waals surface area (Å²) in [5.41, 5.74) is -2.46. The van der Waals surface area contributed by atoms with Crippen LogP contribution >= 0.6 is 0 Å². The van der Waals surface area contributed by atoms with Gasteiger partial charge in [0.2, 0.25) is 5.60 Å². The molecule has 4 heteroatoms. The Kier molecular flexibility index (Phi) is 2.40. The molecule has 1 aromatic rings. The van der Waals surface area contributed by atoms with Crippen LogP contribution in [0, 0.1) is 0 Å². The second-order valence-electron chi connectivity index (χ2n) is 2.44. The predicted octanol–water partition coefficient (Wildman–Crippen LogP) is -1.93. The fourth-order valence-corrected chi connectivity index (χ4v) is 1.93. The van der Waals surface area contributed by atoms with E-state index in [4.69, 9.17) is 15.3 Å². The second-order valence-corrected chi connectivity index (χ2v) is 4.56. The summed E-state index contributed by atoms with van der Waals surface area (Å²) in [5, 5.41) is 26.8. The highest BCUT2D eigenvalue weighted by Crippen LogP contribution is 1.90. The summed E-state index contributed by atoms with van der Waals surface area (Å²) >= 11 is 0. The highest BCUT2D eigenvalue weighted by molar-refractivity contribution is 6.55. The first-order valence-corrected chi connectivity index (χ1v) is 4.70. The summed E-state index contributed by atoms with van der Waals surface area (Å²) in [6, 6.07) is 8.97. The third-order valence-corrected chi connectivity index (χ3v) is 2.64. The maximum absolute atomic E-state index is 8.64. The zero-order valence-corrected chi connectivity index (χ0v) is 7.35. The monoisotopic (exact) mass is 170 g/mol. The van der Waals surface area contributed by atoms with Crippen LogP contribution in [0.1, 0.15) is 0 Å². The number of benzene rings is 1. The zero-order chi connectivity index (χ0) is 8.32. The molecule has 0 bridgehead atoms. The number of aliphatic hydroxyl groups is 3. The van der Waals surface area contributed by atoms with Crippen LogP contribution in [0.4, 0.5) is 0 Å². The largest absolute Gasteiger partial charge is 0.348 e. The first-order valence-electron chi connectivity index (χ1n) is 3.29. The van der Waals surface area contributed by atoms with E-state index in [2.05, 4.69) is 0 Å². The van der Waals surface area contributed by atoms with Gasteiger partial charge in [-0.15, -0.1) is 0 Å². The molecule has 0 fully saturated rings. The SMILES string of the molecule is OC(O)(O)[SiH2]c1ccccc1. The zero-order valence-electron chi connectivity index (χ0n) is 5.94. The molecule has 1 aromatic carbocycles. The maximum Gasteiger partial charge on any atom is 0.246 e. The normalized spacial score (nSPS) is 12.6. The maximum atomic E-state index is 8.64. The molecular formula is C7H10O3Si. The molecule has 0 heterocycles. The molecule has 0 aliphatic heterocycles. The molecule has 0 atom stereocenters. The number of hydrogen-bond acceptors (Lipinski definition) is 3. The van der Waals surface area contributed by atoms with E-state index in [0.29, 0.717) is 0 Å². The Morgan fingerprint density at radius 1 is 1.00 bits per heavy atom. The molecule has 60 valence electrons. The Morgan fingerprint density at radius 2 is 1.55 bits per heavy atom. The lowest BCUT2D eigenvalue weighted by molar-refractivity contribution is -0.245. The number of hydrogen-bond donors (Lipinski definition) is 3. The molecule has 3 nitrogen and oxygen atoms in total. The van der Waals surface area contributed by atoms with Gasteiger partial charge < -0.3 is 15.3 Å². The van der Waals surface area contributed by atoms with Crippen LogP contribution in [0.25, 0.3) is 0 Å². The molecule has 0 saturated carbocycles. The lowest BCUT2D eigenvalue weighted by atomic mass is 10.4. The summed E-state index contributed by atoms with van der Waals surface area (Å²) in [7, 11) is -1.41. The van der Waals surface area contributed by atoms with E-state index in [0.717, 1.165) is 5.19 Å². The van der Waals surface area contributed by atoms with Gasteiger partial charge in [-0.3, -0.25) is 0 Å². The number of rotatable bonds is 2. The Hall–Kier alpha value is -0.683. The summed E-state index contributed by atoms with van der Waals surface area (Å²) < 4.78 is 0. The van der Waals surface area contributed by atoms with Gasteiger partial charge >= 0.3 is 0 Å². The minimum absolute atomic E-state index is 0.819. The molecule has 0 aliphatic carbocycles. The van der Waals surface area contributed by atoms with Gasteiger partial charge in [0.05, 0.1) is 0 Å². The minimum atomic E-state index is -2.46. The van der Waals surface area contributed by atoms with E-state index in [9.17, 15) is 0 Å². The van der Waals surface area contributed by atoms with Gasteiger partial charge in [-0.2, -0.15) is 0 Å². The van der Waals surface area contributed by atoms with Crippen LogP contribution in [0.2, 0.25) is 0 Å². The quantitative estimate of drug-likeness (QED) is 0.358. The average Bonchev–Trinajstić information content (AvgIpc) is 1.85. The second kappa shape index (κ2) is 3.14. The molecule has 0 aliphatic rings. The molecule has 0 amide bonds. The molecule has 3 N–H and O–H groups in total. The van der Waals surface area contributed by atoms with Crippen molar-refractivity contribution in [2.45, 2.75) is 5.60 Å². The van der Waals surface area contributed by atoms with Gasteiger partial charge in [0.1, 0.15) is 0 Å². The molecule has 0 aromatic heterocycles. The highest BCUT2D eigenvalue weighted by atomic mass is 28.2. The topological polar surface area (TPSA) is 60.7 Å². The van der Waals surface area contributed by atoms with Crippen molar-refractivity contribution >= 4 is 14.7 Å².